The van der Waals surface area contributed by atoms with Crippen molar-refractivity contribution in [1.29, 1.82) is 0 Å². The van der Waals surface area contributed by atoms with Gasteiger partial charge in [0.05, 0.1) is 12.1 Å². The summed E-state index contributed by atoms with van der Waals surface area (Å²) >= 11 is 6.12. The second-order valence-electron chi connectivity index (χ2n) is 6.01. The lowest BCUT2D eigenvalue weighted by Crippen LogP contribution is -2.26. The van der Waals surface area contributed by atoms with Crippen molar-refractivity contribution in [2.24, 2.45) is 0 Å². The summed E-state index contributed by atoms with van der Waals surface area (Å²) in [4.78, 5) is 34.7. The van der Waals surface area contributed by atoms with Crippen LogP contribution >= 0.6 is 11.6 Å². The van der Waals surface area contributed by atoms with E-state index in [0.717, 1.165) is 5.56 Å². The molecule has 0 bridgehead atoms. The molecular weight excluding hydrogens is 376 g/mol. The summed E-state index contributed by atoms with van der Waals surface area (Å²) in [6, 6.07) is 14.0. The molecule has 6 nitrogen and oxygen atoms in total. The Hall–Kier alpha value is -3.25. The van der Waals surface area contributed by atoms with E-state index in [4.69, 9.17) is 11.6 Å². The normalized spacial score (nSPS) is 10.4. The van der Waals surface area contributed by atoms with Crippen LogP contribution < -0.4 is 10.2 Å². The van der Waals surface area contributed by atoms with Gasteiger partial charge in [-0.25, -0.2) is 4.98 Å². The highest BCUT2D eigenvalue weighted by Crippen LogP contribution is 2.26. The topological polar surface area (TPSA) is 75.2 Å². The Morgan fingerprint density at radius 3 is 2.54 bits per heavy atom. The quantitative estimate of drug-likeness (QED) is 0.672. The standard InChI is InChI=1S/C21H19ClN4O2/c1-2-21(28)26(17-8-10-23-11-9-17)19-14-16(7-12-24-19)25-20(27)13-15-5-3-4-6-18(15)22/h3-12,14H,2,13H2,1H3,(H,24,25,27). The minimum Gasteiger partial charge on any atom is -0.326 e. The number of amides is 2. The van der Waals surface area contributed by atoms with E-state index in [2.05, 4.69) is 15.3 Å². The van der Waals surface area contributed by atoms with Gasteiger partial charge in [-0.2, -0.15) is 0 Å². The van der Waals surface area contributed by atoms with Gasteiger partial charge in [0.2, 0.25) is 11.8 Å². The van der Waals surface area contributed by atoms with Gasteiger partial charge in [0, 0.05) is 41.8 Å². The highest BCUT2D eigenvalue weighted by Gasteiger charge is 2.18. The lowest BCUT2D eigenvalue weighted by atomic mass is 10.1. The number of benzene rings is 1. The Bertz CT molecular complexity index is 979. The Kier molecular flexibility index (Phi) is 6.34. The molecule has 2 heterocycles. The van der Waals surface area contributed by atoms with Gasteiger partial charge in [-0.15, -0.1) is 0 Å². The molecule has 0 aliphatic heterocycles. The molecule has 0 fully saturated rings. The van der Waals surface area contributed by atoms with Gasteiger partial charge in [0.1, 0.15) is 5.82 Å². The fraction of sp³-hybridized carbons (Fsp3) is 0.143. The number of rotatable bonds is 6. The monoisotopic (exact) mass is 394 g/mol. The molecular formula is C21H19ClN4O2. The summed E-state index contributed by atoms with van der Waals surface area (Å²) in [6.45, 7) is 1.78. The number of carbonyl (C=O) groups excluding carboxylic acids is 2. The van der Waals surface area contributed by atoms with E-state index in [-0.39, 0.29) is 18.2 Å². The van der Waals surface area contributed by atoms with Crippen molar-refractivity contribution >= 4 is 40.6 Å². The average Bonchev–Trinajstić information content (AvgIpc) is 2.71. The number of anilines is 3. The maximum absolute atomic E-state index is 12.5. The predicted octanol–water partition coefficient (Wildman–Crippen LogP) is 4.39. The Labute approximate surface area is 168 Å². The van der Waals surface area contributed by atoms with E-state index in [1.54, 1.807) is 55.8 Å². The molecule has 0 spiro atoms. The maximum Gasteiger partial charge on any atom is 0.232 e. The van der Waals surface area contributed by atoms with Gasteiger partial charge >= 0.3 is 0 Å². The molecule has 0 atom stereocenters. The molecule has 0 aliphatic carbocycles. The van der Waals surface area contributed by atoms with E-state index >= 15 is 0 Å². The molecule has 0 unspecified atom stereocenters. The molecule has 2 amide bonds. The first kappa shape index (κ1) is 19.5. The van der Waals surface area contributed by atoms with Crippen LogP contribution in [0.2, 0.25) is 5.02 Å². The van der Waals surface area contributed by atoms with E-state index < -0.39 is 0 Å². The van der Waals surface area contributed by atoms with E-state index in [0.29, 0.717) is 28.6 Å². The van der Waals surface area contributed by atoms with Crippen molar-refractivity contribution < 1.29 is 9.59 Å². The van der Waals surface area contributed by atoms with Crippen LogP contribution in [0.1, 0.15) is 18.9 Å². The third-order valence-electron chi connectivity index (χ3n) is 4.04. The van der Waals surface area contributed by atoms with Crippen molar-refractivity contribution in [3.8, 4) is 0 Å². The first-order valence-corrected chi connectivity index (χ1v) is 9.18. The maximum atomic E-state index is 12.5. The Morgan fingerprint density at radius 1 is 1.07 bits per heavy atom. The fourth-order valence-electron chi connectivity index (χ4n) is 2.69. The van der Waals surface area contributed by atoms with Crippen molar-refractivity contribution in [2.75, 3.05) is 10.2 Å². The molecule has 3 aromatic rings. The summed E-state index contributed by atoms with van der Waals surface area (Å²) in [5, 5.41) is 3.38. The lowest BCUT2D eigenvalue weighted by Gasteiger charge is -2.21. The van der Waals surface area contributed by atoms with Gasteiger partial charge < -0.3 is 5.32 Å². The molecule has 3 rings (SSSR count). The molecule has 28 heavy (non-hydrogen) atoms. The predicted molar refractivity (Wildman–Crippen MR) is 110 cm³/mol. The van der Waals surface area contributed by atoms with Gasteiger partial charge in [0.25, 0.3) is 0 Å². The minimum atomic E-state index is -0.206. The molecule has 0 radical (unpaired) electrons. The smallest absolute Gasteiger partial charge is 0.232 e. The van der Waals surface area contributed by atoms with Crippen LogP contribution in [0.25, 0.3) is 0 Å². The van der Waals surface area contributed by atoms with Crippen LogP contribution in [0.4, 0.5) is 17.2 Å². The van der Waals surface area contributed by atoms with Crippen LogP contribution in [-0.4, -0.2) is 21.8 Å². The SMILES string of the molecule is CCC(=O)N(c1ccncc1)c1cc(NC(=O)Cc2ccccc2Cl)ccn1. The third-order valence-corrected chi connectivity index (χ3v) is 4.41. The number of nitrogens with one attached hydrogen (secondary N) is 1. The van der Waals surface area contributed by atoms with Crippen LogP contribution in [0.3, 0.4) is 0 Å². The fourth-order valence-corrected chi connectivity index (χ4v) is 2.90. The summed E-state index contributed by atoms with van der Waals surface area (Å²) in [5.74, 6) is 0.106. The van der Waals surface area contributed by atoms with Crippen molar-refractivity contribution in [3.05, 3.63) is 77.7 Å². The van der Waals surface area contributed by atoms with Crippen LogP contribution in [0.5, 0.6) is 0 Å². The number of hydrogen-bond donors (Lipinski definition) is 1. The molecule has 142 valence electrons. The van der Waals surface area contributed by atoms with Crippen molar-refractivity contribution in [3.63, 3.8) is 0 Å². The van der Waals surface area contributed by atoms with Gasteiger partial charge in [-0.1, -0.05) is 36.7 Å². The molecule has 1 aromatic carbocycles. The zero-order valence-electron chi connectivity index (χ0n) is 15.3. The Balaban J connectivity index is 1.81. The first-order chi connectivity index (χ1) is 13.6. The first-order valence-electron chi connectivity index (χ1n) is 8.80. The van der Waals surface area contributed by atoms with E-state index in [9.17, 15) is 9.59 Å². The summed E-state index contributed by atoms with van der Waals surface area (Å²) in [5.41, 5.74) is 1.95. The molecule has 2 aromatic heterocycles. The molecule has 1 N–H and O–H groups in total. The largest absolute Gasteiger partial charge is 0.326 e. The minimum absolute atomic E-state index is 0.113. The molecule has 0 aliphatic rings. The number of carbonyl (C=O) groups is 2. The molecule has 0 saturated carbocycles. The van der Waals surface area contributed by atoms with Crippen molar-refractivity contribution in [1.82, 2.24) is 9.97 Å². The van der Waals surface area contributed by atoms with Crippen molar-refractivity contribution in [2.45, 2.75) is 19.8 Å². The van der Waals surface area contributed by atoms with Crippen LogP contribution in [0, 0.1) is 0 Å². The zero-order chi connectivity index (χ0) is 19.9. The summed E-state index contributed by atoms with van der Waals surface area (Å²) in [7, 11) is 0. The van der Waals surface area contributed by atoms with Crippen LogP contribution in [0.15, 0.2) is 67.1 Å². The van der Waals surface area contributed by atoms with Gasteiger partial charge in [-0.05, 0) is 29.8 Å². The van der Waals surface area contributed by atoms with Gasteiger partial charge in [-0.3, -0.25) is 19.5 Å². The number of pyridine rings is 2. The van der Waals surface area contributed by atoms with Crippen LogP contribution in [-0.2, 0) is 16.0 Å². The second kappa shape index (κ2) is 9.10. The lowest BCUT2D eigenvalue weighted by molar-refractivity contribution is -0.117. The van der Waals surface area contributed by atoms with E-state index in [1.807, 2.05) is 18.2 Å². The zero-order valence-corrected chi connectivity index (χ0v) is 16.1. The highest BCUT2D eigenvalue weighted by atomic mass is 35.5. The number of nitrogens with zero attached hydrogens (tertiary/aromatic N) is 3. The summed E-state index contributed by atoms with van der Waals surface area (Å²) < 4.78 is 0. The van der Waals surface area contributed by atoms with Gasteiger partial charge in [0.15, 0.2) is 0 Å². The molecule has 7 heteroatoms. The van der Waals surface area contributed by atoms with E-state index in [1.165, 1.54) is 4.90 Å². The summed E-state index contributed by atoms with van der Waals surface area (Å²) in [6.07, 6.45) is 5.24. The molecule has 0 saturated heterocycles. The number of aromatic nitrogens is 2. The number of halogens is 1. The second-order valence-corrected chi connectivity index (χ2v) is 6.41. The third kappa shape index (κ3) is 4.72. The Morgan fingerprint density at radius 2 is 1.82 bits per heavy atom. The average molecular weight is 395 g/mol. The number of hydrogen-bond acceptors (Lipinski definition) is 4. The highest BCUT2D eigenvalue weighted by molar-refractivity contribution is 6.31.